The van der Waals surface area contributed by atoms with E-state index >= 15 is 0 Å². The van der Waals surface area contributed by atoms with Crippen LogP contribution in [0.3, 0.4) is 0 Å². The smallest absolute Gasteiger partial charge is 0.303 e. The molecular formula is C21H22O10S2. The van der Waals surface area contributed by atoms with Crippen molar-refractivity contribution in [2.45, 2.75) is 41.9 Å². The molecule has 1 aliphatic rings. The molecule has 0 amide bonds. The van der Waals surface area contributed by atoms with Crippen LogP contribution in [0.2, 0.25) is 0 Å². The van der Waals surface area contributed by atoms with Crippen LogP contribution in [0.25, 0.3) is 11.1 Å². The number of carbonyl (C=O) groups is 2. The highest BCUT2D eigenvalue weighted by Crippen LogP contribution is 2.39. The Bertz CT molecular complexity index is 1180. The van der Waals surface area contributed by atoms with E-state index in [0.717, 1.165) is 11.1 Å². The van der Waals surface area contributed by atoms with E-state index in [0.29, 0.717) is 17.5 Å². The zero-order chi connectivity index (χ0) is 24.2. The predicted molar refractivity (Wildman–Crippen MR) is 115 cm³/mol. The minimum absolute atomic E-state index is 0.0561. The third-order valence-electron chi connectivity index (χ3n) is 4.95. The lowest BCUT2D eigenvalue weighted by Crippen LogP contribution is -2.09. The quantitative estimate of drug-likeness (QED) is 0.280. The molecule has 0 heterocycles. The Balaban J connectivity index is 1.73. The van der Waals surface area contributed by atoms with E-state index in [1.54, 1.807) is 12.1 Å². The van der Waals surface area contributed by atoms with Crippen molar-refractivity contribution in [3.8, 4) is 11.1 Å². The predicted octanol–water partition coefficient (Wildman–Crippen LogP) is 2.40. The molecule has 0 spiro atoms. The zero-order valence-corrected chi connectivity index (χ0v) is 19.0. The van der Waals surface area contributed by atoms with Crippen LogP contribution in [-0.4, -0.2) is 52.2 Å². The summed E-state index contributed by atoms with van der Waals surface area (Å²) >= 11 is 0. The molecule has 0 aliphatic heterocycles. The summed E-state index contributed by atoms with van der Waals surface area (Å²) in [5, 5.41) is 17.2. The van der Waals surface area contributed by atoms with Crippen molar-refractivity contribution in [1.82, 2.24) is 0 Å². The fourth-order valence-electron chi connectivity index (χ4n) is 3.39. The number of hydrogen-bond donors (Lipinski definition) is 2. The van der Waals surface area contributed by atoms with Gasteiger partial charge in [-0.05, 0) is 65.8 Å². The minimum atomic E-state index is -4.07. The van der Waals surface area contributed by atoms with Gasteiger partial charge < -0.3 is 10.2 Å². The van der Waals surface area contributed by atoms with Gasteiger partial charge in [0.15, 0.2) is 0 Å². The number of aliphatic carboxylic acids is 2. The molecule has 0 atom stereocenters. The fourth-order valence-corrected chi connectivity index (χ4v) is 5.38. The molecule has 0 unspecified atom stereocenters. The SMILES string of the molecule is O=C(O)CCCOS(=O)(=O)c1ccc2c(c1)Cc1cc(S(=O)(=O)OCCCC(=O)O)ccc1-2. The standard InChI is InChI=1S/C21H22O10S2/c22-20(23)3-1-9-30-32(26,27)16-5-7-18-14(12-16)11-15-13-17(6-8-19(15)18)33(28,29)31-10-2-4-21(24)25/h5-8,12-13H,1-4,9-11H2,(H,22,23)(H,24,25). The molecule has 1 aliphatic carbocycles. The lowest BCUT2D eigenvalue weighted by molar-refractivity contribution is -0.138. The van der Waals surface area contributed by atoms with Crippen LogP contribution in [0.5, 0.6) is 0 Å². The van der Waals surface area contributed by atoms with Gasteiger partial charge in [0.1, 0.15) is 0 Å². The van der Waals surface area contributed by atoms with E-state index in [1.165, 1.54) is 24.3 Å². The summed E-state index contributed by atoms with van der Waals surface area (Å²) in [7, 11) is -8.14. The molecule has 33 heavy (non-hydrogen) atoms. The van der Waals surface area contributed by atoms with Crippen LogP contribution in [0.15, 0.2) is 46.2 Å². The Labute approximate surface area is 191 Å². The lowest BCUT2D eigenvalue weighted by Gasteiger charge is -2.08. The largest absolute Gasteiger partial charge is 0.481 e. The lowest BCUT2D eigenvalue weighted by atomic mass is 10.1. The fraction of sp³-hybridized carbons (Fsp3) is 0.333. The molecule has 2 N–H and O–H groups in total. The Morgan fingerprint density at radius 3 is 1.48 bits per heavy atom. The van der Waals surface area contributed by atoms with Gasteiger partial charge in [-0.25, -0.2) is 0 Å². The maximum absolute atomic E-state index is 12.4. The first-order chi connectivity index (χ1) is 15.5. The summed E-state index contributed by atoms with van der Waals surface area (Å²) in [6, 6.07) is 8.92. The summed E-state index contributed by atoms with van der Waals surface area (Å²) in [4.78, 5) is 20.9. The van der Waals surface area contributed by atoms with Crippen LogP contribution in [0, 0.1) is 0 Å². The molecule has 0 aromatic heterocycles. The maximum atomic E-state index is 12.4. The van der Waals surface area contributed by atoms with Gasteiger partial charge in [-0.3, -0.25) is 18.0 Å². The van der Waals surface area contributed by atoms with E-state index < -0.39 is 32.2 Å². The number of benzene rings is 2. The Hall–Kier alpha value is -2.80. The number of fused-ring (bicyclic) bond motifs is 3. The number of rotatable bonds is 12. The molecule has 178 valence electrons. The number of hydrogen-bond acceptors (Lipinski definition) is 8. The second-order valence-electron chi connectivity index (χ2n) is 7.36. The van der Waals surface area contributed by atoms with Gasteiger partial charge in [0.05, 0.1) is 23.0 Å². The summed E-state index contributed by atoms with van der Waals surface area (Å²) in [6.45, 7) is -0.501. The molecule has 0 bridgehead atoms. The van der Waals surface area contributed by atoms with E-state index in [1.807, 2.05) is 0 Å². The van der Waals surface area contributed by atoms with E-state index in [2.05, 4.69) is 0 Å². The molecule has 10 nitrogen and oxygen atoms in total. The second-order valence-corrected chi connectivity index (χ2v) is 10.6. The van der Waals surface area contributed by atoms with E-state index in [-0.39, 0.29) is 48.7 Å². The first-order valence-corrected chi connectivity index (χ1v) is 12.8. The van der Waals surface area contributed by atoms with Crippen LogP contribution in [0.1, 0.15) is 36.8 Å². The van der Waals surface area contributed by atoms with Gasteiger partial charge in [-0.2, -0.15) is 16.8 Å². The summed E-state index contributed by atoms with van der Waals surface area (Å²) in [6.07, 6.45) is 0.00360. The number of carboxylic acid groups (broad SMARTS) is 2. The van der Waals surface area contributed by atoms with E-state index in [9.17, 15) is 26.4 Å². The molecule has 0 saturated heterocycles. The second kappa shape index (κ2) is 10.00. The average Bonchev–Trinajstić information content (AvgIpc) is 3.11. The molecular weight excluding hydrogens is 476 g/mol. The summed E-state index contributed by atoms with van der Waals surface area (Å²) < 4.78 is 59.4. The molecule has 2 aromatic carbocycles. The van der Waals surface area contributed by atoms with Crippen molar-refractivity contribution in [2.24, 2.45) is 0 Å². The van der Waals surface area contributed by atoms with Gasteiger partial charge >= 0.3 is 11.9 Å². The van der Waals surface area contributed by atoms with Crippen molar-refractivity contribution in [1.29, 1.82) is 0 Å². The zero-order valence-electron chi connectivity index (χ0n) is 17.4. The van der Waals surface area contributed by atoms with Crippen LogP contribution < -0.4 is 0 Å². The Morgan fingerprint density at radius 1 is 0.727 bits per heavy atom. The van der Waals surface area contributed by atoms with Crippen molar-refractivity contribution in [2.75, 3.05) is 13.2 Å². The monoisotopic (exact) mass is 498 g/mol. The van der Waals surface area contributed by atoms with Gasteiger partial charge in [0.25, 0.3) is 20.2 Å². The van der Waals surface area contributed by atoms with Crippen LogP contribution >= 0.6 is 0 Å². The van der Waals surface area contributed by atoms with Gasteiger partial charge in [0.2, 0.25) is 0 Å². The Morgan fingerprint density at radius 2 is 1.12 bits per heavy atom. The van der Waals surface area contributed by atoms with Gasteiger partial charge in [-0.15, -0.1) is 0 Å². The third-order valence-corrected chi connectivity index (χ3v) is 7.57. The van der Waals surface area contributed by atoms with Crippen LogP contribution in [-0.2, 0) is 44.6 Å². The minimum Gasteiger partial charge on any atom is -0.481 e. The normalized spacial score (nSPS) is 12.8. The highest BCUT2D eigenvalue weighted by atomic mass is 32.2. The first kappa shape index (κ1) is 24.8. The van der Waals surface area contributed by atoms with E-state index in [4.69, 9.17) is 18.6 Å². The Kier molecular flexibility index (Phi) is 7.52. The van der Waals surface area contributed by atoms with Gasteiger partial charge in [0, 0.05) is 12.8 Å². The van der Waals surface area contributed by atoms with Crippen LogP contribution in [0.4, 0.5) is 0 Å². The van der Waals surface area contributed by atoms with Gasteiger partial charge in [-0.1, -0.05) is 12.1 Å². The molecule has 12 heteroatoms. The summed E-state index contributed by atoms with van der Waals surface area (Å²) in [5.41, 5.74) is 2.89. The summed E-state index contributed by atoms with van der Waals surface area (Å²) in [5.74, 6) is -2.09. The molecule has 0 fully saturated rings. The number of carboxylic acids is 2. The average molecular weight is 499 g/mol. The maximum Gasteiger partial charge on any atom is 0.303 e. The van der Waals surface area contributed by atoms with Crippen molar-refractivity contribution < 1.29 is 45.0 Å². The highest BCUT2D eigenvalue weighted by Gasteiger charge is 2.25. The highest BCUT2D eigenvalue weighted by molar-refractivity contribution is 7.87. The molecule has 2 aromatic rings. The molecule has 0 radical (unpaired) electrons. The van der Waals surface area contributed by atoms with Crippen molar-refractivity contribution in [3.63, 3.8) is 0 Å². The van der Waals surface area contributed by atoms with Crippen molar-refractivity contribution in [3.05, 3.63) is 47.5 Å². The third kappa shape index (κ3) is 6.16. The first-order valence-electron chi connectivity index (χ1n) is 9.98. The van der Waals surface area contributed by atoms with Crippen molar-refractivity contribution >= 4 is 32.2 Å². The molecule has 0 saturated carbocycles. The topological polar surface area (TPSA) is 161 Å². The molecule has 3 rings (SSSR count).